The third-order valence-corrected chi connectivity index (χ3v) is 4.06. The lowest BCUT2D eigenvalue weighted by Gasteiger charge is -2.02. The van der Waals surface area contributed by atoms with E-state index >= 15 is 0 Å². The predicted octanol–water partition coefficient (Wildman–Crippen LogP) is 2.88. The number of imidazole rings is 1. The van der Waals surface area contributed by atoms with Crippen LogP contribution in [-0.2, 0) is 6.54 Å². The van der Waals surface area contributed by atoms with Gasteiger partial charge in [-0.25, -0.2) is 4.98 Å². The van der Waals surface area contributed by atoms with Crippen LogP contribution >= 0.6 is 0 Å². The average Bonchev–Trinajstić information content (AvgIpc) is 3.04. The van der Waals surface area contributed by atoms with Gasteiger partial charge in [0.15, 0.2) is 0 Å². The predicted molar refractivity (Wildman–Crippen MR) is 80.5 cm³/mol. The maximum absolute atomic E-state index is 5.61. The first kappa shape index (κ1) is 12.6. The van der Waals surface area contributed by atoms with Gasteiger partial charge in [-0.05, 0) is 49.9 Å². The fraction of sp³-hybridized carbons (Fsp3) is 0.375. The van der Waals surface area contributed by atoms with E-state index < -0.39 is 0 Å². The molecule has 1 aliphatic carbocycles. The van der Waals surface area contributed by atoms with E-state index in [-0.39, 0.29) is 0 Å². The van der Waals surface area contributed by atoms with Crippen molar-refractivity contribution in [3.63, 3.8) is 0 Å². The Labute approximate surface area is 123 Å². The van der Waals surface area contributed by atoms with Crippen LogP contribution < -0.4 is 5.32 Å². The summed E-state index contributed by atoms with van der Waals surface area (Å²) in [5.74, 6) is 0. The topological polar surface area (TPSA) is 55.9 Å². The van der Waals surface area contributed by atoms with Crippen LogP contribution in [0.5, 0.6) is 0 Å². The molecule has 4 rings (SSSR count). The maximum atomic E-state index is 5.61. The van der Waals surface area contributed by atoms with Crippen molar-refractivity contribution in [1.29, 1.82) is 0 Å². The highest BCUT2D eigenvalue weighted by molar-refractivity contribution is 5.78. The third kappa shape index (κ3) is 2.34. The molecule has 21 heavy (non-hydrogen) atoms. The Morgan fingerprint density at radius 2 is 2.10 bits per heavy atom. The minimum absolute atomic E-state index is 0.577. The molecule has 1 saturated carbocycles. The number of nitrogens with one attached hydrogen (secondary N) is 1. The van der Waals surface area contributed by atoms with E-state index in [0.717, 1.165) is 23.3 Å². The van der Waals surface area contributed by atoms with Crippen molar-refractivity contribution < 1.29 is 4.42 Å². The van der Waals surface area contributed by atoms with Crippen molar-refractivity contribution in [2.24, 2.45) is 0 Å². The number of hydrogen-bond acceptors (Lipinski definition) is 4. The van der Waals surface area contributed by atoms with Crippen molar-refractivity contribution in [2.75, 3.05) is 0 Å². The molecule has 0 amide bonds. The second-order valence-corrected chi connectivity index (χ2v) is 5.82. The van der Waals surface area contributed by atoms with Crippen LogP contribution in [0.2, 0.25) is 0 Å². The number of aryl methyl sites for hydroxylation is 2. The van der Waals surface area contributed by atoms with Crippen LogP contribution in [-0.4, -0.2) is 20.6 Å². The van der Waals surface area contributed by atoms with Gasteiger partial charge in [0.05, 0.1) is 16.7 Å². The van der Waals surface area contributed by atoms with Gasteiger partial charge < -0.3 is 9.73 Å². The van der Waals surface area contributed by atoms with E-state index in [0.29, 0.717) is 12.1 Å². The Morgan fingerprint density at radius 3 is 2.90 bits per heavy atom. The second kappa shape index (κ2) is 4.70. The highest BCUT2D eigenvalue weighted by atomic mass is 16.4. The average molecular weight is 282 g/mol. The summed E-state index contributed by atoms with van der Waals surface area (Å²) < 4.78 is 7.52. The van der Waals surface area contributed by atoms with Gasteiger partial charge in [0, 0.05) is 12.6 Å². The minimum atomic E-state index is 0.577. The molecule has 2 aromatic heterocycles. The molecule has 5 nitrogen and oxygen atoms in total. The molecule has 0 atom stereocenters. The third-order valence-electron chi connectivity index (χ3n) is 4.06. The van der Waals surface area contributed by atoms with Gasteiger partial charge in [-0.3, -0.25) is 4.57 Å². The van der Waals surface area contributed by atoms with Crippen LogP contribution in [0.4, 0.5) is 0 Å². The molecule has 1 N–H and O–H groups in total. The molecule has 0 aliphatic heterocycles. The van der Waals surface area contributed by atoms with Crippen LogP contribution in [0.3, 0.4) is 0 Å². The summed E-state index contributed by atoms with van der Waals surface area (Å²) in [6, 6.07) is 5.47. The zero-order valence-electron chi connectivity index (χ0n) is 12.3. The summed E-state index contributed by atoms with van der Waals surface area (Å²) in [5, 5.41) is 3.44. The van der Waals surface area contributed by atoms with E-state index in [1.807, 2.05) is 4.57 Å². The Hall–Kier alpha value is -2.14. The van der Waals surface area contributed by atoms with E-state index in [4.69, 9.17) is 4.42 Å². The molecular weight excluding hydrogens is 264 g/mol. The Balaban J connectivity index is 1.67. The number of oxazole rings is 1. The first-order valence-electron chi connectivity index (χ1n) is 7.33. The molecule has 1 fully saturated rings. The lowest BCUT2D eigenvalue weighted by Crippen LogP contribution is -2.15. The van der Waals surface area contributed by atoms with E-state index in [1.54, 1.807) is 12.6 Å². The largest absolute Gasteiger partial charge is 0.431 e. The summed E-state index contributed by atoms with van der Waals surface area (Å²) in [5.41, 5.74) is 5.42. The quantitative estimate of drug-likeness (QED) is 0.799. The zero-order chi connectivity index (χ0) is 14.4. The van der Waals surface area contributed by atoms with Crippen LogP contribution in [0.25, 0.3) is 17.0 Å². The fourth-order valence-electron chi connectivity index (χ4n) is 2.44. The molecule has 3 aromatic rings. The van der Waals surface area contributed by atoms with Crippen LogP contribution in [0, 0.1) is 13.8 Å². The van der Waals surface area contributed by atoms with Gasteiger partial charge >= 0.3 is 6.01 Å². The number of hydrogen-bond donors (Lipinski definition) is 1. The van der Waals surface area contributed by atoms with Crippen molar-refractivity contribution in [2.45, 2.75) is 39.3 Å². The van der Waals surface area contributed by atoms with Crippen molar-refractivity contribution in [3.8, 4) is 6.01 Å². The highest BCUT2D eigenvalue weighted by Crippen LogP contribution is 2.22. The Bertz CT molecular complexity index is 798. The Morgan fingerprint density at radius 1 is 1.29 bits per heavy atom. The van der Waals surface area contributed by atoms with E-state index in [9.17, 15) is 0 Å². The van der Waals surface area contributed by atoms with Gasteiger partial charge in [-0.15, -0.1) is 0 Å². The molecule has 0 unspecified atom stereocenters. The Kier molecular flexibility index (Phi) is 2.82. The zero-order valence-corrected chi connectivity index (χ0v) is 12.3. The summed E-state index contributed by atoms with van der Waals surface area (Å²) in [6.07, 6.45) is 6.04. The molecule has 1 aliphatic rings. The fourth-order valence-corrected chi connectivity index (χ4v) is 2.44. The molecule has 0 saturated heterocycles. The summed E-state index contributed by atoms with van der Waals surface area (Å²) in [7, 11) is 0. The molecule has 0 radical (unpaired) electrons. The monoisotopic (exact) mass is 282 g/mol. The SMILES string of the molecule is Cc1cc2ncn(-c3nc(CNC4CC4)co3)c2cc1C. The van der Waals surface area contributed by atoms with Crippen molar-refractivity contribution in [3.05, 3.63) is 41.5 Å². The van der Waals surface area contributed by atoms with Gasteiger partial charge in [-0.2, -0.15) is 4.98 Å². The van der Waals surface area contributed by atoms with E-state index in [1.165, 1.54) is 24.0 Å². The molecule has 0 spiro atoms. The van der Waals surface area contributed by atoms with E-state index in [2.05, 4.69) is 41.3 Å². The number of rotatable bonds is 4. The van der Waals surface area contributed by atoms with Gasteiger partial charge in [-0.1, -0.05) is 0 Å². The first-order valence-corrected chi connectivity index (χ1v) is 7.33. The molecular formula is C16H18N4O. The van der Waals surface area contributed by atoms with Crippen LogP contribution in [0.15, 0.2) is 29.1 Å². The van der Waals surface area contributed by atoms with Crippen molar-refractivity contribution >= 4 is 11.0 Å². The second-order valence-electron chi connectivity index (χ2n) is 5.82. The number of benzene rings is 1. The summed E-state index contributed by atoms with van der Waals surface area (Å²) in [4.78, 5) is 8.99. The lowest BCUT2D eigenvalue weighted by molar-refractivity contribution is 0.529. The summed E-state index contributed by atoms with van der Waals surface area (Å²) in [6.45, 7) is 4.96. The van der Waals surface area contributed by atoms with Gasteiger partial charge in [0.2, 0.25) is 0 Å². The first-order chi connectivity index (χ1) is 10.2. The number of aromatic nitrogens is 3. The minimum Gasteiger partial charge on any atom is -0.431 e. The molecule has 1 aromatic carbocycles. The van der Waals surface area contributed by atoms with Crippen molar-refractivity contribution in [1.82, 2.24) is 19.9 Å². The normalized spacial score (nSPS) is 15.0. The van der Waals surface area contributed by atoms with Gasteiger partial charge in [0.25, 0.3) is 0 Å². The maximum Gasteiger partial charge on any atom is 0.307 e. The number of fused-ring (bicyclic) bond motifs is 1. The standard InChI is InChI=1S/C16H18N4O/c1-10-5-14-15(6-11(10)2)20(9-18-14)16-19-13(8-21-16)7-17-12-3-4-12/h5-6,8-9,12,17H,3-4,7H2,1-2H3. The summed E-state index contributed by atoms with van der Waals surface area (Å²) >= 11 is 0. The van der Waals surface area contributed by atoms with Gasteiger partial charge in [0.1, 0.15) is 12.6 Å². The van der Waals surface area contributed by atoms with Crippen LogP contribution in [0.1, 0.15) is 29.7 Å². The molecule has 5 heteroatoms. The number of nitrogens with zero attached hydrogens (tertiary/aromatic N) is 3. The molecule has 2 heterocycles. The smallest absolute Gasteiger partial charge is 0.307 e. The molecule has 108 valence electrons. The lowest BCUT2D eigenvalue weighted by atomic mass is 10.1. The molecule has 0 bridgehead atoms. The highest BCUT2D eigenvalue weighted by Gasteiger charge is 2.20.